The lowest BCUT2D eigenvalue weighted by Crippen LogP contribution is -2.30. The number of aromatic amines is 1. The van der Waals surface area contributed by atoms with Crippen LogP contribution in [0.1, 0.15) is 29.0 Å². The highest BCUT2D eigenvalue weighted by atomic mass is 32.1. The minimum absolute atomic E-state index is 0.0359. The van der Waals surface area contributed by atoms with E-state index in [-0.39, 0.29) is 11.5 Å². The average molecular weight is 394 g/mol. The van der Waals surface area contributed by atoms with Crippen molar-refractivity contribution in [3.8, 4) is 11.4 Å². The van der Waals surface area contributed by atoms with E-state index in [0.29, 0.717) is 31.1 Å². The number of thiophene rings is 1. The average Bonchev–Trinajstić information content (AvgIpc) is 3.12. The number of amides is 1. The molecule has 28 heavy (non-hydrogen) atoms. The molecule has 5 nitrogen and oxygen atoms in total. The van der Waals surface area contributed by atoms with Gasteiger partial charge in [-0.05, 0) is 43.0 Å². The third-order valence-electron chi connectivity index (χ3n) is 5.24. The van der Waals surface area contributed by atoms with Crippen LogP contribution in [0.2, 0.25) is 0 Å². The van der Waals surface area contributed by atoms with E-state index in [1.165, 1.54) is 0 Å². The molecule has 0 saturated heterocycles. The van der Waals surface area contributed by atoms with Crippen molar-refractivity contribution in [1.82, 2.24) is 15.3 Å². The lowest BCUT2D eigenvalue weighted by Gasteiger charge is -2.14. The number of benzene rings is 1. The molecule has 0 saturated carbocycles. The molecule has 0 spiro atoms. The second-order valence-corrected chi connectivity index (χ2v) is 8.24. The van der Waals surface area contributed by atoms with Crippen LogP contribution in [0.3, 0.4) is 0 Å². The summed E-state index contributed by atoms with van der Waals surface area (Å²) >= 11 is 1.60. The maximum Gasteiger partial charge on any atom is 0.254 e. The predicted molar refractivity (Wildman–Crippen MR) is 111 cm³/mol. The Morgan fingerprint density at radius 1 is 1.14 bits per heavy atom. The van der Waals surface area contributed by atoms with Crippen LogP contribution in [0, 0.1) is 5.92 Å². The number of rotatable bonds is 5. The number of carbonyl (C=O) groups excluding carboxylic acids is 1. The third-order valence-corrected chi connectivity index (χ3v) is 6.12. The van der Waals surface area contributed by atoms with Gasteiger partial charge in [0.2, 0.25) is 5.91 Å². The molecule has 1 aliphatic carbocycles. The minimum Gasteiger partial charge on any atom is -0.356 e. The SMILES string of the molecule is O=C(Cc1cccs1)NCC1CCc2nc(-c3ccccc3)[nH]c(=O)c2CC1. The number of hydrogen-bond acceptors (Lipinski definition) is 4. The molecule has 0 fully saturated rings. The molecule has 1 aromatic carbocycles. The summed E-state index contributed by atoms with van der Waals surface area (Å²) in [6.45, 7) is 0.654. The molecule has 1 amide bonds. The Kier molecular flexibility index (Phi) is 5.67. The Morgan fingerprint density at radius 3 is 2.75 bits per heavy atom. The summed E-state index contributed by atoms with van der Waals surface area (Å²) in [7, 11) is 0. The summed E-state index contributed by atoms with van der Waals surface area (Å²) in [4.78, 5) is 33.5. The zero-order valence-corrected chi connectivity index (χ0v) is 16.4. The fourth-order valence-electron chi connectivity index (χ4n) is 3.67. The third kappa shape index (κ3) is 4.39. The van der Waals surface area contributed by atoms with E-state index in [9.17, 15) is 9.59 Å². The molecule has 1 unspecified atom stereocenters. The molecule has 3 aromatic rings. The zero-order chi connectivity index (χ0) is 19.3. The van der Waals surface area contributed by atoms with Crippen LogP contribution in [0.4, 0.5) is 0 Å². The number of nitrogens with zero attached hydrogens (tertiary/aromatic N) is 1. The number of aromatic nitrogens is 2. The van der Waals surface area contributed by atoms with Crippen LogP contribution in [0.25, 0.3) is 11.4 Å². The quantitative estimate of drug-likeness (QED) is 0.653. The van der Waals surface area contributed by atoms with Crippen molar-refractivity contribution in [3.05, 3.63) is 74.3 Å². The van der Waals surface area contributed by atoms with Gasteiger partial charge in [-0.2, -0.15) is 0 Å². The van der Waals surface area contributed by atoms with E-state index in [1.54, 1.807) is 11.3 Å². The molecular weight excluding hydrogens is 370 g/mol. The highest BCUT2D eigenvalue weighted by Gasteiger charge is 2.21. The number of hydrogen-bond donors (Lipinski definition) is 2. The zero-order valence-electron chi connectivity index (χ0n) is 15.6. The molecule has 0 aliphatic heterocycles. The molecule has 0 bridgehead atoms. The molecule has 6 heteroatoms. The fourth-order valence-corrected chi connectivity index (χ4v) is 4.38. The largest absolute Gasteiger partial charge is 0.356 e. The first-order valence-electron chi connectivity index (χ1n) is 9.65. The summed E-state index contributed by atoms with van der Waals surface area (Å²) in [5.41, 5.74) is 2.58. The minimum atomic E-state index is -0.0359. The van der Waals surface area contributed by atoms with Crippen molar-refractivity contribution >= 4 is 17.2 Å². The Morgan fingerprint density at radius 2 is 1.96 bits per heavy atom. The van der Waals surface area contributed by atoms with Crippen molar-refractivity contribution in [2.45, 2.75) is 32.1 Å². The number of nitrogens with one attached hydrogen (secondary N) is 2. The highest BCUT2D eigenvalue weighted by Crippen LogP contribution is 2.23. The van der Waals surface area contributed by atoms with Crippen molar-refractivity contribution < 1.29 is 4.79 Å². The van der Waals surface area contributed by atoms with Crippen molar-refractivity contribution in [3.63, 3.8) is 0 Å². The second kappa shape index (κ2) is 8.52. The molecule has 4 rings (SSSR count). The lowest BCUT2D eigenvalue weighted by molar-refractivity contribution is -0.120. The van der Waals surface area contributed by atoms with Gasteiger partial charge in [-0.3, -0.25) is 9.59 Å². The fraction of sp³-hybridized carbons (Fsp3) is 0.318. The van der Waals surface area contributed by atoms with Gasteiger partial charge in [0, 0.05) is 22.5 Å². The molecule has 2 aromatic heterocycles. The molecular formula is C22H23N3O2S. The first-order valence-corrected chi connectivity index (χ1v) is 10.5. The maximum atomic E-state index is 12.6. The lowest BCUT2D eigenvalue weighted by atomic mass is 10.00. The van der Waals surface area contributed by atoms with E-state index >= 15 is 0 Å². The van der Waals surface area contributed by atoms with E-state index in [1.807, 2.05) is 47.8 Å². The van der Waals surface area contributed by atoms with Gasteiger partial charge in [0.15, 0.2) is 0 Å². The topological polar surface area (TPSA) is 74.8 Å². The monoisotopic (exact) mass is 393 g/mol. The Labute approximate surface area is 167 Å². The highest BCUT2D eigenvalue weighted by molar-refractivity contribution is 7.10. The molecule has 144 valence electrons. The van der Waals surface area contributed by atoms with E-state index < -0.39 is 0 Å². The molecule has 2 heterocycles. The Hall–Kier alpha value is -2.73. The van der Waals surface area contributed by atoms with Crippen molar-refractivity contribution in [1.29, 1.82) is 0 Å². The summed E-state index contributed by atoms with van der Waals surface area (Å²) in [6, 6.07) is 13.7. The number of fused-ring (bicyclic) bond motifs is 1. The van der Waals surface area contributed by atoms with E-state index in [0.717, 1.165) is 41.0 Å². The van der Waals surface area contributed by atoms with Crippen LogP contribution in [0.5, 0.6) is 0 Å². The summed E-state index contributed by atoms with van der Waals surface area (Å²) < 4.78 is 0. The van der Waals surface area contributed by atoms with E-state index in [4.69, 9.17) is 4.98 Å². The van der Waals surface area contributed by atoms with E-state index in [2.05, 4.69) is 10.3 Å². The molecule has 1 atom stereocenters. The van der Waals surface area contributed by atoms with Gasteiger partial charge >= 0.3 is 0 Å². The standard InChI is InChI=1S/C22H23N3O2S/c26-20(13-17-7-4-12-28-17)23-14-15-8-10-18-19(11-9-15)24-21(25-22(18)27)16-5-2-1-3-6-16/h1-7,12,15H,8-11,13-14H2,(H,23,26)(H,24,25,27). The normalized spacial score (nSPS) is 16.2. The first kappa shape index (κ1) is 18.6. The van der Waals surface area contributed by atoms with Gasteiger partial charge in [-0.25, -0.2) is 4.98 Å². The van der Waals surface area contributed by atoms with Crippen LogP contribution >= 0.6 is 11.3 Å². The van der Waals surface area contributed by atoms with Crippen LogP contribution in [-0.2, 0) is 24.1 Å². The van der Waals surface area contributed by atoms with Gasteiger partial charge in [0.25, 0.3) is 5.56 Å². The molecule has 1 aliphatic rings. The number of carbonyl (C=O) groups is 1. The van der Waals surface area contributed by atoms with Crippen molar-refractivity contribution in [2.24, 2.45) is 5.92 Å². The maximum absolute atomic E-state index is 12.6. The van der Waals surface area contributed by atoms with Gasteiger partial charge in [-0.1, -0.05) is 36.4 Å². The van der Waals surface area contributed by atoms with Gasteiger partial charge in [-0.15, -0.1) is 11.3 Å². The van der Waals surface area contributed by atoms with Crippen LogP contribution in [-0.4, -0.2) is 22.4 Å². The summed E-state index contributed by atoms with van der Waals surface area (Å²) in [5, 5.41) is 5.04. The Balaban J connectivity index is 1.40. The van der Waals surface area contributed by atoms with Crippen LogP contribution < -0.4 is 10.9 Å². The summed E-state index contributed by atoms with van der Waals surface area (Å²) in [5.74, 6) is 1.06. The molecule has 2 N–H and O–H groups in total. The summed E-state index contributed by atoms with van der Waals surface area (Å²) in [6.07, 6.45) is 3.73. The Bertz CT molecular complexity index is 996. The van der Waals surface area contributed by atoms with Gasteiger partial charge in [0.05, 0.1) is 12.1 Å². The van der Waals surface area contributed by atoms with Crippen molar-refractivity contribution in [2.75, 3.05) is 6.54 Å². The predicted octanol–water partition coefficient (Wildman–Crippen LogP) is 3.35. The number of H-pyrrole nitrogens is 1. The first-order chi connectivity index (χ1) is 13.7. The van der Waals surface area contributed by atoms with Gasteiger partial charge in [0.1, 0.15) is 5.82 Å². The smallest absolute Gasteiger partial charge is 0.254 e. The van der Waals surface area contributed by atoms with Gasteiger partial charge < -0.3 is 10.3 Å². The second-order valence-electron chi connectivity index (χ2n) is 7.21. The number of aryl methyl sites for hydroxylation is 1. The molecule has 0 radical (unpaired) electrons. The van der Waals surface area contributed by atoms with Crippen LogP contribution in [0.15, 0.2) is 52.6 Å².